The third-order valence-corrected chi connectivity index (χ3v) is 3.53. The first kappa shape index (κ1) is 15.4. The highest BCUT2D eigenvalue weighted by atomic mass is 16.1. The fourth-order valence-corrected chi connectivity index (χ4v) is 2.27. The summed E-state index contributed by atoms with van der Waals surface area (Å²) in [5.74, 6) is -0.219. The van der Waals surface area contributed by atoms with Gasteiger partial charge in [0.25, 0.3) is 5.91 Å². The van der Waals surface area contributed by atoms with Crippen molar-refractivity contribution in [1.82, 2.24) is 20.1 Å². The van der Waals surface area contributed by atoms with Crippen LogP contribution in [0.15, 0.2) is 55.0 Å². The third-order valence-electron chi connectivity index (χ3n) is 3.53. The highest BCUT2D eigenvalue weighted by Gasteiger charge is 2.07. The van der Waals surface area contributed by atoms with Gasteiger partial charge in [-0.25, -0.2) is 0 Å². The average molecular weight is 317 g/mol. The minimum atomic E-state index is -0.219. The second-order valence-electron chi connectivity index (χ2n) is 5.33. The van der Waals surface area contributed by atoms with Crippen molar-refractivity contribution in [3.8, 4) is 17.3 Å². The smallest absolute Gasteiger partial charge is 0.251 e. The number of aromatic nitrogens is 3. The quantitative estimate of drug-likeness (QED) is 0.800. The highest BCUT2D eigenvalue weighted by molar-refractivity contribution is 5.94. The van der Waals surface area contributed by atoms with Crippen LogP contribution < -0.4 is 5.32 Å². The van der Waals surface area contributed by atoms with Gasteiger partial charge in [0.05, 0.1) is 23.5 Å². The largest absolute Gasteiger partial charge is 0.348 e. The molecule has 0 saturated heterocycles. The zero-order valence-corrected chi connectivity index (χ0v) is 13.1. The number of amides is 1. The molecule has 6 heteroatoms. The molecule has 6 nitrogen and oxygen atoms in total. The Morgan fingerprint density at radius 3 is 2.83 bits per heavy atom. The van der Waals surface area contributed by atoms with Gasteiger partial charge in [0.1, 0.15) is 0 Å². The predicted octanol–water partition coefficient (Wildman–Crippen LogP) is 2.28. The van der Waals surface area contributed by atoms with Crippen molar-refractivity contribution < 1.29 is 4.79 Å². The van der Waals surface area contributed by atoms with Crippen LogP contribution in [0, 0.1) is 11.3 Å². The first-order chi connectivity index (χ1) is 11.7. The van der Waals surface area contributed by atoms with Crippen molar-refractivity contribution in [3.63, 3.8) is 0 Å². The second-order valence-corrected chi connectivity index (χ2v) is 5.33. The highest BCUT2D eigenvalue weighted by Crippen LogP contribution is 2.15. The number of carbonyl (C=O) groups excluding carboxylic acids is 1. The summed E-state index contributed by atoms with van der Waals surface area (Å²) in [6.45, 7) is 0.371. The summed E-state index contributed by atoms with van der Waals surface area (Å²) in [5.41, 5.74) is 3.60. The molecule has 0 atom stereocenters. The Hall–Kier alpha value is -3.46. The number of nitriles is 1. The zero-order chi connectivity index (χ0) is 16.9. The maximum Gasteiger partial charge on any atom is 0.251 e. The third kappa shape index (κ3) is 3.47. The maximum absolute atomic E-state index is 12.1. The van der Waals surface area contributed by atoms with E-state index in [4.69, 9.17) is 5.26 Å². The summed E-state index contributed by atoms with van der Waals surface area (Å²) in [7, 11) is 1.86. The number of benzene rings is 1. The normalized spacial score (nSPS) is 10.2. The van der Waals surface area contributed by atoms with E-state index in [1.54, 1.807) is 41.3 Å². The topological polar surface area (TPSA) is 83.6 Å². The minimum absolute atomic E-state index is 0.219. The molecule has 0 aliphatic heterocycles. The molecule has 0 fully saturated rings. The van der Waals surface area contributed by atoms with Crippen molar-refractivity contribution in [1.29, 1.82) is 5.26 Å². The van der Waals surface area contributed by atoms with Gasteiger partial charge in [-0.1, -0.05) is 12.1 Å². The summed E-state index contributed by atoms with van der Waals surface area (Å²) in [4.78, 5) is 16.5. The van der Waals surface area contributed by atoms with Gasteiger partial charge in [-0.2, -0.15) is 10.4 Å². The molecule has 0 radical (unpaired) electrons. The second kappa shape index (κ2) is 6.75. The van der Waals surface area contributed by atoms with E-state index in [2.05, 4.69) is 15.4 Å². The first-order valence-corrected chi connectivity index (χ1v) is 7.38. The minimum Gasteiger partial charge on any atom is -0.348 e. The maximum atomic E-state index is 12.1. The van der Waals surface area contributed by atoms with Crippen molar-refractivity contribution in [2.45, 2.75) is 6.54 Å². The molecule has 2 aromatic heterocycles. The van der Waals surface area contributed by atoms with Gasteiger partial charge in [-0.05, 0) is 29.8 Å². The van der Waals surface area contributed by atoms with E-state index >= 15 is 0 Å². The summed E-state index contributed by atoms with van der Waals surface area (Å²) >= 11 is 0. The van der Waals surface area contributed by atoms with Crippen molar-refractivity contribution >= 4 is 5.91 Å². The molecular weight excluding hydrogens is 302 g/mol. The molecule has 1 N–H and O–H groups in total. The van der Waals surface area contributed by atoms with Crippen molar-refractivity contribution in [3.05, 3.63) is 71.7 Å². The van der Waals surface area contributed by atoms with Crippen molar-refractivity contribution in [2.24, 2.45) is 7.05 Å². The average Bonchev–Trinajstić information content (AvgIpc) is 3.06. The van der Waals surface area contributed by atoms with Gasteiger partial charge in [-0.15, -0.1) is 0 Å². The lowest BCUT2D eigenvalue weighted by molar-refractivity contribution is 0.0951. The van der Waals surface area contributed by atoms with Gasteiger partial charge in [-0.3, -0.25) is 14.5 Å². The van der Waals surface area contributed by atoms with E-state index in [1.807, 2.05) is 31.4 Å². The summed E-state index contributed by atoms with van der Waals surface area (Å²) in [6.07, 6.45) is 5.38. The van der Waals surface area contributed by atoms with E-state index in [9.17, 15) is 4.79 Å². The standard InChI is InChI=1S/C18H15N5O/c1-23-12-16(11-22-23)17-6-5-14(9-20-17)10-21-18(24)15-4-2-3-13(7-15)8-19/h2-7,9,11-12H,10H2,1H3,(H,21,24). The summed E-state index contributed by atoms with van der Waals surface area (Å²) < 4.78 is 1.72. The van der Waals surface area contributed by atoms with Crippen LogP contribution >= 0.6 is 0 Å². The van der Waals surface area contributed by atoms with Crippen LogP contribution in [0.25, 0.3) is 11.3 Å². The summed E-state index contributed by atoms with van der Waals surface area (Å²) in [6, 6.07) is 12.4. The number of hydrogen-bond donors (Lipinski definition) is 1. The van der Waals surface area contributed by atoms with Gasteiger partial charge in [0.2, 0.25) is 0 Å². The number of hydrogen-bond acceptors (Lipinski definition) is 4. The molecule has 118 valence electrons. The van der Waals surface area contributed by atoms with Crippen LogP contribution in [0.5, 0.6) is 0 Å². The lowest BCUT2D eigenvalue weighted by Gasteiger charge is -2.06. The van der Waals surface area contributed by atoms with E-state index in [0.717, 1.165) is 16.8 Å². The van der Waals surface area contributed by atoms with Gasteiger partial charge in [0, 0.05) is 37.1 Å². The van der Waals surface area contributed by atoms with Crippen LogP contribution in [0.2, 0.25) is 0 Å². The van der Waals surface area contributed by atoms with E-state index in [-0.39, 0.29) is 5.91 Å². The number of pyridine rings is 1. The van der Waals surface area contributed by atoms with Gasteiger partial charge >= 0.3 is 0 Å². The Balaban J connectivity index is 1.64. The monoisotopic (exact) mass is 317 g/mol. The SMILES string of the molecule is Cn1cc(-c2ccc(CNC(=O)c3cccc(C#N)c3)cn2)cn1. The van der Waals surface area contributed by atoms with Crippen LogP contribution in [-0.4, -0.2) is 20.7 Å². The molecule has 0 aliphatic carbocycles. The van der Waals surface area contributed by atoms with E-state index in [1.165, 1.54) is 0 Å². The van der Waals surface area contributed by atoms with Crippen LogP contribution in [0.1, 0.15) is 21.5 Å². The van der Waals surface area contributed by atoms with Gasteiger partial charge < -0.3 is 5.32 Å². The number of carbonyl (C=O) groups is 1. The molecule has 0 aliphatic rings. The fraction of sp³-hybridized carbons (Fsp3) is 0.111. The summed E-state index contributed by atoms with van der Waals surface area (Å²) in [5, 5.41) is 15.8. The number of rotatable bonds is 4. The van der Waals surface area contributed by atoms with Crippen molar-refractivity contribution in [2.75, 3.05) is 0 Å². The van der Waals surface area contributed by atoms with Crippen LogP contribution in [0.3, 0.4) is 0 Å². The Labute approximate surface area is 139 Å². The number of nitrogens with one attached hydrogen (secondary N) is 1. The number of aryl methyl sites for hydroxylation is 1. The fourth-order valence-electron chi connectivity index (χ4n) is 2.27. The molecule has 24 heavy (non-hydrogen) atoms. The Kier molecular flexibility index (Phi) is 4.34. The van der Waals surface area contributed by atoms with E-state index in [0.29, 0.717) is 17.7 Å². The molecular formula is C18H15N5O. The molecule has 1 amide bonds. The molecule has 3 aromatic rings. The Morgan fingerprint density at radius 2 is 2.17 bits per heavy atom. The Bertz CT molecular complexity index is 906. The predicted molar refractivity (Wildman–Crippen MR) is 88.8 cm³/mol. The molecule has 0 spiro atoms. The molecule has 3 rings (SSSR count). The molecule has 0 saturated carbocycles. The van der Waals surface area contributed by atoms with Crippen LogP contribution in [0.4, 0.5) is 0 Å². The lowest BCUT2D eigenvalue weighted by Crippen LogP contribution is -2.22. The molecule has 0 unspecified atom stereocenters. The molecule has 1 aromatic carbocycles. The van der Waals surface area contributed by atoms with Crippen LogP contribution in [-0.2, 0) is 13.6 Å². The Morgan fingerprint density at radius 1 is 1.29 bits per heavy atom. The van der Waals surface area contributed by atoms with Gasteiger partial charge in [0.15, 0.2) is 0 Å². The van der Waals surface area contributed by atoms with E-state index < -0.39 is 0 Å². The molecule has 2 heterocycles. The lowest BCUT2D eigenvalue weighted by atomic mass is 10.1. The molecule has 0 bridgehead atoms. The number of nitrogens with zero attached hydrogens (tertiary/aromatic N) is 4. The zero-order valence-electron chi connectivity index (χ0n) is 13.1. The first-order valence-electron chi connectivity index (χ1n) is 7.38.